The number of benzene rings is 2. The molecule has 0 aliphatic carbocycles. The largest absolute Gasteiger partial charge is 0.491 e. The summed E-state index contributed by atoms with van der Waals surface area (Å²) in [5.74, 6) is 0.488. The summed E-state index contributed by atoms with van der Waals surface area (Å²) in [5, 5.41) is 3.49. The third kappa shape index (κ3) is 8.57. The van der Waals surface area contributed by atoms with Crippen LogP contribution in [0.1, 0.15) is 5.56 Å². The van der Waals surface area contributed by atoms with E-state index in [4.69, 9.17) is 21.1 Å². The Kier molecular flexibility index (Phi) is 10.6. The van der Waals surface area contributed by atoms with Gasteiger partial charge in [-0.2, -0.15) is 0 Å². The zero-order valence-electron chi connectivity index (χ0n) is 20.5. The molecule has 36 heavy (non-hydrogen) atoms. The van der Waals surface area contributed by atoms with Gasteiger partial charge in [-0.05, 0) is 45.8 Å². The highest BCUT2D eigenvalue weighted by molar-refractivity contribution is 9.10. The van der Waals surface area contributed by atoms with Gasteiger partial charge in [0.1, 0.15) is 12.4 Å². The van der Waals surface area contributed by atoms with Crippen LogP contribution in [0.15, 0.2) is 53.0 Å². The number of piperazine rings is 1. The van der Waals surface area contributed by atoms with Crippen LogP contribution in [0.4, 0.5) is 5.69 Å². The number of hydrogen-bond acceptors (Lipinski definition) is 6. The van der Waals surface area contributed by atoms with Gasteiger partial charge in [0.2, 0.25) is 5.91 Å². The molecule has 0 bridgehead atoms. The number of morpholine rings is 1. The number of ether oxygens (including phenoxy) is 2. The Bertz CT molecular complexity index is 1020. The average Bonchev–Trinajstić information content (AvgIpc) is 2.90. The van der Waals surface area contributed by atoms with Crippen molar-refractivity contribution in [3.63, 3.8) is 0 Å². The third-order valence-corrected chi connectivity index (χ3v) is 7.48. The van der Waals surface area contributed by atoms with Gasteiger partial charge in [-0.25, -0.2) is 0 Å². The Hall–Kier alpha value is -1.94. The molecule has 7 nitrogen and oxygen atoms in total. The molecule has 0 aromatic heterocycles. The van der Waals surface area contributed by atoms with Crippen LogP contribution in [0, 0.1) is 0 Å². The molecule has 1 amide bonds. The maximum Gasteiger partial charge on any atom is 0.248 e. The predicted octanol–water partition coefficient (Wildman–Crippen LogP) is 4.08. The maximum atomic E-state index is 12.4. The monoisotopic (exact) mass is 576 g/mol. The number of carbonyl (C=O) groups is 1. The fourth-order valence-corrected chi connectivity index (χ4v) is 4.84. The minimum atomic E-state index is -0.227. The van der Waals surface area contributed by atoms with Crippen LogP contribution in [0.3, 0.4) is 0 Å². The molecular weight excluding hydrogens is 544 g/mol. The van der Waals surface area contributed by atoms with Crippen LogP contribution in [-0.4, -0.2) is 99.3 Å². The molecule has 9 heteroatoms. The summed E-state index contributed by atoms with van der Waals surface area (Å²) in [7, 11) is 0. The molecule has 0 saturated carbocycles. The summed E-state index contributed by atoms with van der Waals surface area (Å²) in [6.45, 7) is 11.9. The highest BCUT2D eigenvalue weighted by Gasteiger charge is 2.18. The van der Waals surface area contributed by atoms with E-state index in [0.717, 1.165) is 82.2 Å². The van der Waals surface area contributed by atoms with Crippen LogP contribution in [0.25, 0.3) is 6.08 Å². The minimum absolute atomic E-state index is 0.227. The summed E-state index contributed by atoms with van der Waals surface area (Å²) in [5.41, 5.74) is 1.47. The first kappa shape index (κ1) is 27.1. The van der Waals surface area contributed by atoms with Gasteiger partial charge in [-0.1, -0.05) is 29.8 Å². The topological polar surface area (TPSA) is 57.3 Å². The van der Waals surface area contributed by atoms with Crippen molar-refractivity contribution in [1.29, 1.82) is 0 Å². The van der Waals surface area contributed by atoms with Crippen molar-refractivity contribution in [2.45, 2.75) is 0 Å². The highest BCUT2D eigenvalue weighted by atomic mass is 79.9. The van der Waals surface area contributed by atoms with Crippen LogP contribution >= 0.6 is 27.5 Å². The zero-order chi connectivity index (χ0) is 25.2. The molecule has 0 spiro atoms. The number of anilines is 1. The lowest BCUT2D eigenvalue weighted by molar-refractivity contribution is -0.111. The summed E-state index contributed by atoms with van der Waals surface area (Å²) in [4.78, 5) is 19.9. The number of nitrogens with one attached hydrogen (secondary N) is 1. The number of nitrogens with zero attached hydrogens (tertiary/aromatic N) is 3. The highest BCUT2D eigenvalue weighted by Crippen LogP contribution is 2.28. The van der Waals surface area contributed by atoms with Crippen molar-refractivity contribution >= 4 is 45.2 Å². The summed E-state index contributed by atoms with van der Waals surface area (Å²) >= 11 is 9.70. The molecule has 2 fully saturated rings. The lowest BCUT2D eigenvalue weighted by atomic mass is 10.2. The second-order valence-corrected chi connectivity index (χ2v) is 10.2. The van der Waals surface area contributed by atoms with Gasteiger partial charge >= 0.3 is 0 Å². The molecule has 0 unspecified atom stereocenters. The molecule has 2 aliphatic heterocycles. The van der Waals surface area contributed by atoms with E-state index in [0.29, 0.717) is 23.1 Å². The van der Waals surface area contributed by atoms with E-state index < -0.39 is 0 Å². The SMILES string of the molecule is O=C(/C=C/c1ccccc1Cl)Nc1ccc(Br)c(OCCN2CCN(CCN3CCOCC3)CC2)c1. The van der Waals surface area contributed by atoms with Gasteiger partial charge < -0.3 is 14.8 Å². The summed E-state index contributed by atoms with van der Waals surface area (Å²) < 4.78 is 12.3. The number of rotatable bonds is 10. The van der Waals surface area contributed by atoms with Gasteiger partial charge in [0.25, 0.3) is 0 Å². The van der Waals surface area contributed by atoms with Crippen LogP contribution in [-0.2, 0) is 9.53 Å². The molecule has 194 valence electrons. The molecule has 2 heterocycles. The molecule has 2 aliphatic rings. The van der Waals surface area contributed by atoms with Crippen molar-refractivity contribution in [3.05, 3.63) is 63.6 Å². The number of amides is 1. The van der Waals surface area contributed by atoms with Gasteiger partial charge in [0.05, 0.1) is 17.7 Å². The Balaban J connectivity index is 1.17. The second kappa shape index (κ2) is 14.1. The molecule has 2 saturated heterocycles. The molecule has 0 atom stereocenters. The molecule has 1 N–H and O–H groups in total. The smallest absolute Gasteiger partial charge is 0.248 e. The first-order chi connectivity index (χ1) is 17.6. The molecule has 2 aromatic rings. The maximum absolute atomic E-state index is 12.4. The third-order valence-electron chi connectivity index (χ3n) is 6.48. The van der Waals surface area contributed by atoms with Crippen molar-refractivity contribution in [3.8, 4) is 5.75 Å². The van der Waals surface area contributed by atoms with Crippen molar-refractivity contribution in [1.82, 2.24) is 14.7 Å². The van der Waals surface area contributed by atoms with Crippen LogP contribution in [0.5, 0.6) is 5.75 Å². The van der Waals surface area contributed by atoms with E-state index >= 15 is 0 Å². The fourth-order valence-electron chi connectivity index (χ4n) is 4.28. The summed E-state index contributed by atoms with van der Waals surface area (Å²) in [6.07, 6.45) is 3.18. The van der Waals surface area contributed by atoms with Gasteiger partial charge in [0.15, 0.2) is 0 Å². The molecule has 2 aromatic carbocycles. The lowest BCUT2D eigenvalue weighted by Gasteiger charge is -2.36. The first-order valence-corrected chi connectivity index (χ1v) is 13.6. The first-order valence-electron chi connectivity index (χ1n) is 12.5. The second-order valence-electron chi connectivity index (χ2n) is 8.98. The Morgan fingerprint density at radius 1 is 0.972 bits per heavy atom. The molecule has 4 rings (SSSR count). The Labute approximate surface area is 227 Å². The normalized spacial score (nSPS) is 17.9. The van der Waals surface area contributed by atoms with E-state index in [1.807, 2.05) is 36.4 Å². The van der Waals surface area contributed by atoms with Gasteiger partial charge in [-0.3, -0.25) is 19.5 Å². The van der Waals surface area contributed by atoms with E-state index in [2.05, 4.69) is 35.9 Å². The van der Waals surface area contributed by atoms with Gasteiger partial charge in [0, 0.05) is 81.8 Å². The molecule has 0 radical (unpaired) electrons. The van der Waals surface area contributed by atoms with Crippen molar-refractivity contribution < 1.29 is 14.3 Å². The average molecular weight is 578 g/mol. The standard InChI is InChI=1S/C27H34BrClN4O3/c28-24-7-6-23(30-27(34)8-5-22-3-1-2-4-25(22)29)21-26(24)36-20-17-32-12-9-31(10-13-32)11-14-33-15-18-35-19-16-33/h1-8,21H,9-20H2,(H,30,34)/b8-5+. The lowest BCUT2D eigenvalue weighted by Crippen LogP contribution is -2.50. The fraction of sp³-hybridized carbons (Fsp3) is 0.444. The van der Waals surface area contributed by atoms with E-state index in [1.54, 1.807) is 12.1 Å². The van der Waals surface area contributed by atoms with E-state index in [1.165, 1.54) is 6.08 Å². The zero-order valence-corrected chi connectivity index (χ0v) is 22.8. The Morgan fingerprint density at radius 2 is 1.64 bits per heavy atom. The molecular formula is C27H34BrClN4O3. The minimum Gasteiger partial charge on any atom is -0.491 e. The Morgan fingerprint density at radius 3 is 2.36 bits per heavy atom. The summed E-state index contributed by atoms with van der Waals surface area (Å²) in [6, 6.07) is 13.0. The van der Waals surface area contributed by atoms with Crippen LogP contribution < -0.4 is 10.1 Å². The van der Waals surface area contributed by atoms with Crippen molar-refractivity contribution in [2.75, 3.05) is 84.0 Å². The van der Waals surface area contributed by atoms with E-state index in [9.17, 15) is 4.79 Å². The number of hydrogen-bond donors (Lipinski definition) is 1. The van der Waals surface area contributed by atoms with E-state index in [-0.39, 0.29) is 5.91 Å². The van der Waals surface area contributed by atoms with Crippen molar-refractivity contribution in [2.24, 2.45) is 0 Å². The van der Waals surface area contributed by atoms with Crippen LogP contribution in [0.2, 0.25) is 5.02 Å². The predicted molar refractivity (Wildman–Crippen MR) is 149 cm³/mol. The van der Waals surface area contributed by atoms with Gasteiger partial charge in [-0.15, -0.1) is 0 Å². The number of halogens is 2. The quantitative estimate of drug-likeness (QED) is 0.430. The number of carbonyl (C=O) groups excluding carboxylic acids is 1.